The predicted octanol–water partition coefficient (Wildman–Crippen LogP) is 1.97. The topological polar surface area (TPSA) is 20.2 Å². The highest BCUT2D eigenvalue weighted by Gasteiger charge is 1.69. The highest BCUT2D eigenvalue weighted by molar-refractivity contribution is 4.78. The molecule has 1 N–H and O–H groups in total. The molecule has 1 nitrogen and oxygen atoms in total. The van der Waals surface area contributed by atoms with Crippen molar-refractivity contribution >= 4 is 0 Å². The van der Waals surface area contributed by atoms with Gasteiger partial charge < -0.3 is 5.11 Å². The Kier molecular flexibility index (Phi) is 8.91. The molecule has 0 aliphatic heterocycles. The van der Waals surface area contributed by atoms with Gasteiger partial charge in [0.2, 0.25) is 0 Å². The summed E-state index contributed by atoms with van der Waals surface area (Å²) in [7, 11) is 0. The lowest BCUT2D eigenvalue weighted by molar-refractivity contribution is 0.216. The molecule has 0 aliphatic carbocycles. The largest absolute Gasteiger partial charge is 0.394 e. The standard InChI is InChI=1S/C4H8.C3H8O/c1-4(2)3;1-3(2)4/h1H2,2-3H3;3-4H,1-2H3. The highest BCUT2D eigenvalue weighted by atomic mass is 16.3. The summed E-state index contributed by atoms with van der Waals surface area (Å²) < 4.78 is 0. The van der Waals surface area contributed by atoms with Gasteiger partial charge in [-0.2, -0.15) is 0 Å². The van der Waals surface area contributed by atoms with Crippen LogP contribution in [0.2, 0.25) is 0 Å². The summed E-state index contributed by atoms with van der Waals surface area (Å²) in [5, 5.41) is 8.06. The van der Waals surface area contributed by atoms with Crippen molar-refractivity contribution in [1.82, 2.24) is 0 Å². The SMILES string of the molecule is C=C(C)C.CC(C)O. The fourth-order valence-corrected chi connectivity index (χ4v) is 0. The van der Waals surface area contributed by atoms with Crippen LogP contribution in [0.25, 0.3) is 0 Å². The molecule has 0 aromatic heterocycles. The molecule has 0 rings (SSSR count). The first-order valence-electron chi connectivity index (χ1n) is 2.77. The molecule has 0 bridgehead atoms. The average Bonchev–Trinajstić information content (AvgIpc) is 1.25. The third kappa shape index (κ3) is 1400. The summed E-state index contributed by atoms with van der Waals surface area (Å²) in [6.07, 6.45) is -0.167. The Morgan fingerprint density at radius 3 is 1.38 bits per heavy atom. The minimum Gasteiger partial charge on any atom is -0.394 e. The smallest absolute Gasteiger partial charge is 0.0483 e. The average molecular weight is 116 g/mol. The van der Waals surface area contributed by atoms with Gasteiger partial charge in [0, 0.05) is 6.10 Å². The summed E-state index contributed by atoms with van der Waals surface area (Å²) in [6.45, 7) is 10.9. The van der Waals surface area contributed by atoms with Crippen molar-refractivity contribution in [3.63, 3.8) is 0 Å². The molecule has 0 aromatic carbocycles. The van der Waals surface area contributed by atoms with E-state index in [1.165, 1.54) is 5.57 Å². The lowest BCUT2D eigenvalue weighted by atomic mass is 10.4. The molecule has 0 saturated heterocycles. The normalized spacial score (nSPS) is 7.75. The maximum atomic E-state index is 8.06. The third-order valence-corrected chi connectivity index (χ3v) is 0. The van der Waals surface area contributed by atoms with E-state index >= 15 is 0 Å². The van der Waals surface area contributed by atoms with E-state index < -0.39 is 0 Å². The van der Waals surface area contributed by atoms with Crippen LogP contribution in [-0.2, 0) is 0 Å². The number of rotatable bonds is 0. The molecule has 0 amide bonds. The van der Waals surface area contributed by atoms with Crippen LogP contribution in [0.3, 0.4) is 0 Å². The molecular formula is C7H16O. The molecule has 1 heteroatoms. The van der Waals surface area contributed by atoms with Gasteiger partial charge in [-0.1, -0.05) is 5.57 Å². The molecule has 0 radical (unpaired) electrons. The number of aliphatic hydroxyl groups excluding tert-OH is 1. The van der Waals surface area contributed by atoms with Crippen LogP contribution in [0.5, 0.6) is 0 Å². The zero-order valence-electron chi connectivity index (χ0n) is 6.23. The van der Waals surface area contributed by atoms with Gasteiger partial charge >= 0.3 is 0 Å². The minimum atomic E-state index is -0.167. The molecule has 0 aromatic rings. The van der Waals surface area contributed by atoms with Crippen molar-refractivity contribution < 1.29 is 5.11 Å². The second-order valence-electron chi connectivity index (χ2n) is 2.30. The van der Waals surface area contributed by atoms with E-state index in [1.807, 2.05) is 13.8 Å². The Balaban J connectivity index is 0. The molecule has 8 heavy (non-hydrogen) atoms. The Morgan fingerprint density at radius 2 is 1.38 bits per heavy atom. The molecule has 0 saturated carbocycles. The second-order valence-corrected chi connectivity index (χ2v) is 2.30. The van der Waals surface area contributed by atoms with Crippen molar-refractivity contribution in [3.05, 3.63) is 12.2 Å². The van der Waals surface area contributed by atoms with Crippen molar-refractivity contribution in [2.24, 2.45) is 0 Å². The lowest BCUT2D eigenvalue weighted by Crippen LogP contribution is -1.85. The zero-order valence-corrected chi connectivity index (χ0v) is 6.23. The molecule has 0 atom stereocenters. The monoisotopic (exact) mass is 116 g/mol. The van der Waals surface area contributed by atoms with Crippen LogP contribution in [-0.4, -0.2) is 11.2 Å². The molecule has 0 aliphatic rings. The van der Waals surface area contributed by atoms with E-state index in [0.717, 1.165) is 0 Å². The van der Waals surface area contributed by atoms with Crippen molar-refractivity contribution in [2.45, 2.75) is 33.8 Å². The van der Waals surface area contributed by atoms with Crippen LogP contribution in [0.1, 0.15) is 27.7 Å². The molecule has 50 valence electrons. The molecule has 0 heterocycles. The molecule has 0 unspecified atom stereocenters. The first-order valence-corrected chi connectivity index (χ1v) is 2.77. The molecular weight excluding hydrogens is 100 g/mol. The highest BCUT2D eigenvalue weighted by Crippen LogP contribution is 1.73. The second kappa shape index (κ2) is 6.70. The van der Waals surface area contributed by atoms with Crippen LogP contribution in [0.15, 0.2) is 12.2 Å². The van der Waals surface area contributed by atoms with Gasteiger partial charge in [-0.3, -0.25) is 0 Å². The van der Waals surface area contributed by atoms with Gasteiger partial charge in [-0.15, -0.1) is 6.58 Å². The predicted molar refractivity (Wildman–Crippen MR) is 37.8 cm³/mol. The first kappa shape index (κ1) is 10.6. The lowest BCUT2D eigenvalue weighted by Gasteiger charge is -1.80. The van der Waals surface area contributed by atoms with Gasteiger partial charge in [0.25, 0.3) is 0 Å². The maximum absolute atomic E-state index is 8.06. The first-order chi connectivity index (χ1) is 3.46. The summed E-state index contributed by atoms with van der Waals surface area (Å²) >= 11 is 0. The quantitative estimate of drug-likeness (QED) is 0.480. The van der Waals surface area contributed by atoms with Gasteiger partial charge in [-0.25, -0.2) is 0 Å². The number of aliphatic hydroxyl groups is 1. The number of hydrogen-bond acceptors (Lipinski definition) is 1. The Labute approximate surface area is 52.0 Å². The minimum absolute atomic E-state index is 0.167. The van der Waals surface area contributed by atoms with Crippen molar-refractivity contribution in [2.75, 3.05) is 0 Å². The summed E-state index contributed by atoms with van der Waals surface area (Å²) in [5.41, 5.74) is 1.17. The fourth-order valence-electron chi connectivity index (χ4n) is 0. The fraction of sp³-hybridized carbons (Fsp3) is 0.714. The van der Waals surface area contributed by atoms with Gasteiger partial charge in [0.1, 0.15) is 0 Å². The van der Waals surface area contributed by atoms with Crippen molar-refractivity contribution in [1.29, 1.82) is 0 Å². The summed E-state index contributed by atoms with van der Waals surface area (Å²) in [4.78, 5) is 0. The van der Waals surface area contributed by atoms with Gasteiger partial charge in [0.05, 0.1) is 0 Å². The number of allylic oxidation sites excluding steroid dienone is 1. The summed E-state index contributed by atoms with van der Waals surface area (Å²) in [6, 6.07) is 0. The Morgan fingerprint density at radius 1 is 1.38 bits per heavy atom. The Bertz CT molecular complexity index is 48.7. The third-order valence-electron chi connectivity index (χ3n) is 0. The van der Waals surface area contributed by atoms with E-state index in [2.05, 4.69) is 6.58 Å². The Hall–Kier alpha value is -0.300. The van der Waals surface area contributed by atoms with Crippen LogP contribution >= 0.6 is 0 Å². The van der Waals surface area contributed by atoms with E-state index in [-0.39, 0.29) is 6.10 Å². The van der Waals surface area contributed by atoms with E-state index in [0.29, 0.717) is 0 Å². The van der Waals surface area contributed by atoms with Crippen LogP contribution < -0.4 is 0 Å². The van der Waals surface area contributed by atoms with Gasteiger partial charge in [0.15, 0.2) is 0 Å². The summed E-state index contributed by atoms with van der Waals surface area (Å²) in [5.74, 6) is 0. The number of hydrogen-bond donors (Lipinski definition) is 1. The van der Waals surface area contributed by atoms with Gasteiger partial charge in [-0.05, 0) is 27.7 Å². The van der Waals surface area contributed by atoms with Crippen LogP contribution in [0, 0.1) is 0 Å². The van der Waals surface area contributed by atoms with E-state index in [4.69, 9.17) is 5.11 Å². The van der Waals surface area contributed by atoms with E-state index in [9.17, 15) is 0 Å². The maximum Gasteiger partial charge on any atom is 0.0483 e. The van der Waals surface area contributed by atoms with Crippen molar-refractivity contribution in [3.8, 4) is 0 Å². The zero-order chi connectivity index (χ0) is 7.15. The molecule has 0 spiro atoms. The van der Waals surface area contributed by atoms with E-state index in [1.54, 1.807) is 13.8 Å². The molecule has 0 fully saturated rings. The van der Waals surface area contributed by atoms with Crippen LogP contribution in [0.4, 0.5) is 0 Å².